The van der Waals surface area contributed by atoms with Gasteiger partial charge in [0.25, 0.3) is 5.91 Å². The standard InChI is InChI=1S/C11H16N2O2/c1-8(2)13-5-3-4-10(13)11(15)12-6-9(14)7-12/h3-5,8-9,14H,6-7H2,1-2H3. The minimum atomic E-state index is -0.337. The van der Waals surface area contributed by atoms with Gasteiger partial charge in [0.15, 0.2) is 0 Å². The quantitative estimate of drug-likeness (QED) is 0.784. The van der Waals surface area contributed by atoms with Gasteiger partial charge in [0.05, 0.1) is 6.10 Å². The first-order valence-electron chi connectivity index (χ1n) is 5.23. The Morgan fingerprint density at radius 2 is 2.20 bits per heavy atom. The van der Waals surface area contributed by atoms with Gasteiger partial charge in [-0.05, 0) is 26.0 Å². The Bertz CT molecular complexity index is 364. The Balaban J connectivity index is 2.15. The lowest BCUT2D eigenvalue weighted by Gasteiger charge is -2.36. The lowest BCUT2D eigenvalue weighted by atomic mass is 10.1. The number of hydrogen-bond donors (Lipinski definition) is 1. The van der Waals surface area contributed by atoms with Crippen LogP contribution in [-0.4, -0.2) is 39.7 Å². The Hall–Kier alpha value is -1.29. The van der Waals surface area contributed by atoms with Crippen molar-refractivity contribution < 1.29 is 9.90 Å². The smallest absolute Gasteiger partial charge is 0.270 e. The molecule has 0 aromatic carbocycles. The van der Waals surface area contributed by atoms with E-state index in [2.05, 4.69) is 0 Å². The van der Waals surface area contributed by atoms with Crippen molar-refractivity contribution in [2.45, 2.75) is 26.0 Å². The molecule has 4 nitrogen and oxygen atoms in total. The summed E-state index contributed by atoms with van der Waals surface area (Å²) in [4.78, 5) is 13.6. The Morgan fingerprint density at radius 1 is 1.53 bits per heavy atom. The molecule has 1 amide bonds. The molecule has 1 aromatic rings. The topological polar surface area (TPSA) is 45.5 Å². The number of likely N-dealkylation sites (tertiary alicyclic amines) is 1. The summed E-state index contributed by atoms with van der Waals surface area (Å²) in [5.74, 6) is 0.0130. The van der Waals surface area contributed by atoms with Gasteiger partial charge in [0.1, 0.15) is 5.69 Å². The van der Waals surface area contributed by atoms with E-state index in [1.807, 2.05) is 36.7 Å². The summed E-state index contributed by atoms with van der Waals surface area (Å²) in [6, 6.07) is 3.99. The molecular weight excluding hydrogens is 192 g/mol. The second-order valence-corrected chi connectivity index (χ2v) is 4.26. The van der Waals surface area contributed by atoms with Gasteiger partial charge in [0, 0.05) is 25.3 Å². The van der Waals surface area contributed by atoms with E-state index in [1.54, 1.807) is 4.90 Å². The number of hydrogen-bond acceptors (Lipinski definition) is 2. The molecule has 0 atom stereocenters. The van der Waals surface area contributed by atoms with Crippen LogP contribution in [0, 0.1) is 0 Å². The van der Waals surface area contributed by atoms with Gasteiger partial charge in [-0.15, -0.1) is 0 Å². The molecular formula is C11H16N2O2. The number of rotatable bonds is 2. The maximum Gasteiger partial charge on any atom is 0.270 e. The summed E-state index contributed by atoms with van der Waals surface area (Å²) in [6.07, 6.45) is 1.57. The van der Waals surface area contributed by atoms with Crippen LogP contribution in [0.3, 0.4) is 0 Å². The fourth-order valence-electron chi connectivity index (χ4n) is 1.81. The fraction of sp³-hybridized carbons (Fsp3) is 0.545. The largest absolute Gasteiger partial charge is 0.389 e. The number of aliphatic hydroxyl groups excluding tert-OH is 1. The summed E-state index contributed by atoms with van der Waals surface area (Å²) in [5, 5.41) is 9.14. The van der Waals surface area contributed by atoms with E-state index in [0.717, 1.165) is 0 Å². The van der Waals surface area contributed by atoms with Crippen LogP contribution < -0.4 is 0 Å². The van der Waals surface area contributed by atoms with Crippen molar-refractivity contribution in [1.29, 1.82) is 0 Å². The van der Waals surface area contributed by atoms with E-state index in [9.17, 15) is 4.79 Å². The van der Waals surface area contributed by atoms with E-state index >= 15 is 0 Å². The highest BCUT2D eigenvalue weighted by Crippen LogP contribution is 2.16. The van der Waals surface area contributed by atoms with Gasteiger partial charge in [-0.1, -0.05) is 0 Å². The lowest BCUT2D eigenvalue weighted by molar-refractivity contribution is 0.00511. The molecule has 0 spiro atoms. The average Bonchev–Trinajstić information content (AvgIpc) is 2.60. The first-order chi connectivity index (χ1) is 7.09. The molecule has 0 unspecified atom stereocenters. The van der Waals surface area contributed by atoms with Gasteiger partial charge >= 0.3 is 0 Å². The summed E-state index contributed by atoms with van der Waals surface area (Å²) in [6.45, 7) is 5.01. The van der Waals surface area contributed by atoms with E-state index in [1.165, 1.54) is 0 Å². The van der Waals surface area contributed by atoms with Crippen molar-refractivity contribution in [1.82, 2.24) is 9.47 Å². The number of aliphatic hydroxyl groups is 1. The van der Waals surface area contributed by atoms with Crippen LogP contribution in [-0.2, 0) is 0 Å². The molecule has 1 N–H and O–H groups in total. The number of β-amino-alcohol motifs (C(OH)–C–C–N with tert-alkyl or cyclic N) is 1. The molecule has 82 valence electrons. The number of carbonyl (C=O) groups is 1. The van der Waals surface area contributed by atoms with E-state index in [4.69, 9.17) is 5.11 Å². The first-order valence-corrected chi connectivity index (χ1v) is 5.23. The zero-order chi connectivity index (χ0) is 11.0. The van der Waals surface area contributed by atoms with Gasteiger partial charge in [-0.3, -0.25) is 4.79 Å². The van der Waals surface area contributed by atoms with Crippen LogP contribution in [0.2, 0.25) is 0 Å². The van der Waals surface area contributed by atoms with Crippen LogP contribution in [0.5, 0.6) is 0 Å². The van der Waals surface area contributed by atoms with Crippen LogP contribution in [0.4, 0.5) is 0 Å². The summed E-state index contributed by atoms with van der Waals surface area (Å²) in [7, 11) is 0. The summed E-state index contributed by atoms with van der Waals surface area (Å²) < 4.78 is 1.95. The maximum atomic E-state index is 12.0. The number of aromatic nitrogens is 1. The van der Waals surface area contributed by atoms with E-state index in [0.29, 0.717) is 18.8 Å². The second-order valence-electron chi connectivity index (χ2n) is 4.26. The van der Waals surface area contributed by atoms with Gasteiger partial charge < -0.3 is 14.6 Å². The highest BCUT2D eigenvalue weighted by molar-refractivity contribution is 5.93. The zero-order valence-electron chi connectivity index (χ0n) is 9.05. The van der Waals surface area contributed by atoms with Crippen molar-refractivity contribution >= 4 is 5.91 Å². The molecule has 0 aliphatic carbocycles. The molecule has 1 fully saturated rings. The minimum Gasteiger partial charge on any atom is -0.389 e. The van der Waals surface area contributed by atoms with Crippen LogP contribution in [0.25, 0.3) is 0 Å². The Morgan fingerprint density at radius 3 is 2.73 bits per heavy atom. The van der Waals surface area contributed by atoms with Crippen molar-refractivity contribution in [2.75, 3.05) is 13.1 Å². The third kappa shape index (κ3) is 1.77. The van der Waals surface area contributed by atoms with Gasteiger partial charge in [-0.25, -0.2) is 0 Å². The third-order valence-corrected chi connectivity index (χ3v) is 2.70. The zero-order valence-corrected chi connectivity index (χ0v) is 9.05. The van der Waals surface area contributed by atoms with Gasteiger partial charge in [0.2, 0.25) is 0 Å². The molecule has 0 bridgehead atoms. The van der Waals surface area contributed by atoms with Crippen molar-refractivity contribution in [2.24, 2.45) is 0 Å². The molecule has 2 rings (SSSR count). The number of carbonyl (C=O) groups excluding carboxylic acids is 1. The molecule has 2 heterocycles. The fourth-order valence-corrected chi connectivity index (χ4v) is 1.81. The lowest BCUT2D eigenvalue weighted by Crippen LogP contribution is -2.53. The molecule has 1 saturated heterocycles. The predicted molar refractivity (Wildman–Crippen MR) is 56.7 cm³/mol. The van der Waals surface area contributed by atoms with Crippen LogP contribution in [0.15, 0.2) is 18.3 Å². The number of amides is 1. The van der Waals surface area contributed by atoms with Crippen LogP contribution in [0.1, 0.15) is 30.4 Å². The molecule has 1 aliphatic heterocycles. The number of nitrogens with zero attached hydrogens (tertiary/aromatic N) is 2. The molecule has 15 heavy (non-hydrogen) atoms. The molecule has 4 heteroatoms. The Kier molecular flexibility index (Phi) is 2.52. The Labute approximate surface area is 89.1 Å². The monoisotopic (exact) mass is 208 g/mol. The molecule has 0 saturated carbocycles. The van der Waals surface area contributed by atoms with E-state index < -0.39 is 0 Å². The van der Waals surface area contributed by atoms with Crippen molar-refractivity contribution in [3.05, 3.63) is 24.0 Å². The highest BCUT2D eigenvalue weighted by atomic mass is 16.3. The summed E-state index contributed by atoms with van der Waals surface area (Å²) >= 11 is 0. The van der Waals surface area contributed by atoms with Crippen LogP contribution >= 0.6 is 0 Å². The summed E-state index contributed by atoms with van der Waals surface area (Å²) in [5.41, 5.74) is 0.705. The predicted octanol–water partition coefficient (Wildman–Crippen LogP) is 0.886. The van der Waals surface area contributed by atoms with E-state index in [-0.39, 0.29) is 18.1 Å². The minimum absolute atomic E-state index is 0.0130. The third-order valence-electron chi connectivity index (χ3n) is 2.70. The molecule has 0 radical (unpaired) electrons. The van der Waals surface area contributed by atoms with Crippen molar-refractivity contribution in [3.8, 4) is 0 Å². The second kappa shape index (κ2) is 3.70. The van der Waals surface area contributed by atoms with Crippen molar-refractivity contribution in [3.63, 3.8) is 0 Å². The first kappa shape index (κ1) is 10.2. The molecule has 1 aliphatic rings. The SMILES string of the molecule is CC(C)n1cccc1C(=O)N1CC(O)C1. The molecule has 1 aromatic heterocycles. The normalized spacial score (nSPS) is 16.9. The van der Waals surface area contributed by atoms with Gasteiger partial charge in [-0.2, -0.15) is 0 Å². The maximum absolute atomic E-state index is 12.0. The highest BCUT2D eigenvalue weighted by Gasteiger charge is 2.30. The average molecular weight is 208 g/mol.